The number of aromatic nitrogens is 1. The van der Waals surface area contributed by atoms with E-state index in [1.165, 1.54) is 24.5 Å². The van der Waals surface area contributed by atoms with Crippen LogP contribution in [0.5, 0.6) is 0 Å². The number of nitrogens with zero attached hydrogens (tertiary/aromatic N) is 1. The summed E-state index contributed by atoms with van der Waals surface area (Å²) in [5.74, 6) is -2.48. The van der Waals surface area contributed by atoms with Crippen molar-refractivity contribution in [3.8, 4) is 0 Å². The van der Waals surface area contributed by atoms with E-state index in [1.54, 1.807) is 24.3 Å². The van der Waals surface area contributed by atoms with Gasteiger partial charge in [-0.05, 0) is 36.4 Å². The lowest BCUT2D eigenvalue weighted by Gasteiger charge is -2.08. The predicted molar refractivity (Wildman–Crippen MR) is 79.9 cm³/mol. The number of amides is 3. The van der Waals surface area contributed by atoms with Crippen LogP contribution in [-0.2, 0) is 9.59 Å². The normalized spacial score (nSPS) is 9.68. The minimum Gasteiger partial charge on any atom is -0.318 e. The Kier molecular flexibility index (Phi) is 5.05. The molecule has 0 bridgehead atoms. The van der Waals surface area contributed by atoms with Crippen LogP contribution in [0.2, 0.25) is 5.02 Å². The van der Waals surface area contributed by atoms with E-state index in [1.807, 2.05) is 5.43 Å². The zero-order chi connectivity index (χ0) is 15.9. The third kappa shape index (κ3) is 4.29. The molecule has 0 unspecified atom stereocenters. The van der Waals surface area contributed by atoms with Crippen LogP contribution in [0.4, 0.5) is 5.69 Å². The topological polar surface area (TPSA) is 100 Å². The molecule has 3 amide bonds. The fourth-order valence-electron chi connectivity index (χ4n) is 1.47. The smallest absolute Gasteiger partial charge is 0.318 e. The van der Waals surface area contributed by atoms with Gasteiger partial charge in [0, 0.05) is 28.7 Å². The number of hydrogen-bond acceptors (Lipinski definition) is 4. The van der Waals surface area contributed by atoms with Crippen LogP contribution >= 0.6 is 11.6 Å². The summed E-state index contributed by atoms with van der Waals surface area (Å²) in [4.78, 5) is 38.6. The Labute approximate surface area is 130 Å². The van der Waals surface area contributed by atoms with E-state index < -0.39 is 17.7 Å². The van der Waals surface area contributed by atoms with Gasteiger partial charge in [-0.25, -0.2) is 0 Å². The second-order valence-electron chi connectivity index (χ2n) is 4.11. The molecule has 2 rings (SSSR count). The van der Waals surface area contributed by atoms with Crippen molar-refractivity contribution in [2.45, 2.75) is 0 Å². The maximum atomic E-state index is 11.7. The molecule has 0 saturated carbocycles. The second kappa shape index (κ2) is 7.19. The first kappa shape index (κ1) is 15.5. The highest BCUT2D eigenvalue weighted by molar-refractivity contribution is 6.39. The van der Waals surface area contributed by atoms with E-state index in [9.17, 15) is 14.4 Å². The number of pyridine rings is 1. The van der Waals surface area contributed by atoms with Crippen molar-refractivity contribution in [1.29, 1.82) is 0 Å². The Bertz CT molecular complexity index is 689. The van der Waals surface area contributed by atoms with Crippen LogP contribution in [-0.4, -0.2) is 22.7 Å². The largest absolute Gasteiger partial charge is 0.328 e. The monoisotopic (exact) mass is 318 g/mol. The highest BCUT2D eigenvalue weighted by Gasteiger charge is 2.15. The molecule has 0 saturated heterocycles. The number of carbonyl (C=O) groups excluding carboxylic acids is 3. The van der Waals surface area contributed by atoms with Crippen molar-refractivity contribution in [3.05, 3.63) is 59.4 Å². The van der Waals surface area contributed by atoms with E-state index in [-0.39, 0.29) is 0 Å². The molecule has 0 aliphatic carbocycles. The van der Waals surface area contributed by atoms with Gasteiger partial charge in [0.2, 0.25) is 0 Å². The van der Waals surface area contributed by atoms with Crippen LogP contribution in [0, 0.1) is 0 Å². The van der Waals surface area contributed by atoms with Crippen molar-refractivity contribution < 1.29 is 14.4 Å². The molecule has 2 aromatic rings. The van der Waals surface area contributed by atoms with Crippen LogP contribution in [0.3, 0.4) is 0 Å². The van der Waals surface area contributed by atoms with Crippen molar-refractivity contribution in [2.75, 3.05) is 5.32 Å². The molecule has 1 aromatic heterocycles. The third-order valence-electron chi connectivity index (χ3n) is 2.54. The number of carbonyl (C=O) groups is 3. The first-order chi connectivity index (χ1) is 10.6. The zero-order valence-electron chi connectivity index (χ0n) is 11.2. The Morgan fingerprint density at radius 2 is 1.50 bits per heavy atom. The summed E-state index contributed by atoms with van der Waals surface area (Å²) < 4.78 is 0. The van der Waals surface area contributed by atoms with E-state index in [2.05, 4.69) is 15.7 Å². The SMILES string of the molecule is O=C(NNC(=O)c1ccncc1)C(=O)Nc1ccc(Cl)cc1. The standard InChI is InChI=1S/C14H11ClN4O3/c15-10-1-3-11(4-2-10)17-13(21)14(22)19-18-12(20)9-5-7-16-8-6-9/h1-8H,(H,17,21)(H,18,20)(H,19,22). The minimum absolute atomic E-state index is 0.299. The van der Waals surface area contributed by atoms with Crippen molar-refractivity contribution in [3.63, 3.8) is 0 Å². The predicted octanol–water partition coefficient (Wildman–Crippen LogP) is 1.13. The highest BCUT2D eigenvalue weighted by atomic mass is 35.5. The fourth-order valence-corrected chi connectivity index (χ4v) is 1.59. The number of anilines is 1. The van der Waals surface area contributed by atoms with Crippen molar-refractivity contribution in [1.82, 2.24) is 15.8 Å². The molecule has 8 heteroatoms. The molecule has 0 aliphatic rings. The maximum absolute atomic E-state index is 11.7. The first-order valence-electron chi connectivity index (χ1n) is 6.13. The Balaban J connectivity index is 1.85. The van der Waals surface area contributed by atoms with Gasteiger partial charge in [-0.2, -0.15) is 0 Å². The molecule has 1 heterocycles. The second-order valence-corrected chi connectivity index (χ2v) is 4.54. The van der Waals surface area contributed by atoms with Gasteiger partial charge in [-0.3, -0.25) is 30.2 Å². The lowest BCUT2D eigenvalue weighted by atomic mass is 10.3. The summed E-state index contributed by atoms with van der Waals surface area (Å²) in [6.45, 7) is 0. The number of rotatable bonds is 2. The summed E-state index contributed by atoms with van der Waals surface area (Å²) in [5, 5.41) is 2.87. The number of hydrazine groups is 1. The molecule has 0 atom stereocenters. The zero-order valence-corrected chi connectivity index (χ0v) is 11.9. The molecule has 112 valence electrons. The van der Waals surface area contributed by atoms with E-state index in [0.29, 0.717) is 16.3 Å². The lowest BCUT2D eigenvalue weighted by molar-refractivity contribution is -0.136. The van der Waals surface area contributed by atoms with Gasteiger partial charge in [0.1, 0.15) is 0 Å². The number of benzene rings is 1. The van der Waals surface area contributed by atoms with Crippen LogP contribution in [0.15, 0.2) is 48.8 Å². The third-order valence-corrected chi connectivity index (χ3v) is 2.79. The first-order valence-corrected chi connectivity index (χ1v) is 6.51. The quantitative estimate of drug-likeness (QED) is 0.571. The maximum Gasteiger partial charge on any atom is 0.328 e. The molecule has 0 radical (unpaired) electrons. The average Bonchev–Trinajstić information content (AvgIpc) is 2.55. The van der Waals surface area contributed by atoms with Crippen LogP contribution < -0.4 is 16.2 Å². The van der Waals surface area contributed by atoms with Gasteiger partial charge >= 0.3 is 11.8 Å². The van der Waals surface area contributed by atoms with E-state index in [0.717, 1.165) is 0 Å². The summed E-state index contributed by atoms with van der Waals surface area (Å²) >= 11 is 5.71. The van der Waals surface area contributed by atoms with Crippen LogP contribution in [0.25, 0.3) is 0 Å². The molecule has 1 aromatic carbocycles. The van der Waals surface area contributed by atoms with Gasteiger partial charge < -0.3 is 5.32 Å². The van der Waals surface area contributed by atoms with Gasteiger partial charge in [0.15, 0.2) is 0 Å². The van der Waals surface area contributed by atoms with E-state index in [4.69, 9.17) is 11.6 Å². The Morgan fingerprint density at radius 3 is 2.14 bits per heavy atom. The highest BCUT2D eigenvalue weighted by Crippen LogP contribution is 2.13. The molecular formula is C14H11ClN4O3. The molecule has 0 aliphatic heterocycles. The van der Waals surface area contributed by atoms with Gasteiger partial charge in [-0.15, -0.1) is 0 Å². The number of nitrogens with one attached hydrogen (secondary N) is 3. The molecule has 0 spiro atoms. The summed E-state index contributed by atoms with van der Waals surface area (Å²) in [5.41, 5.74) is 4.85. The Hall–Kier alpha value is -2.93. The number of hydrogen-bond donors (Lipinski definition) is 3. The van der Waals surface area contributed by atoms with E-state index >= 15 is 0 Å². The summed E-state index contributed by atoms with van der Waals surface area (Å²) in [6, 6.07) is 9.16. The van der Waals surface area contributed by atoms with Gasteiger partial charge in [-0.1, -0.05) is 11.6 Å². The van der Waals surface area contributed by atoms with Gasteiger partial charge in [0.25, 0.3) is 5.91 Å². The molecule has 0 fully saturated rings. The molecule has 22 heavy (non-hydrogen) atoms. The minimum atomic E-state index is -1.00. The Morgan fingerprint density at radius 1 is 0.864 bits per heavy atom. The van der Waals surface area contributed by atoms with Crippen LogP contribution in [0.1, 0.15) is 10.4 Å². The average molecular weight is 319 g/mol. The van der Waals surface area contributed by atoms with Crippen molar-refractivity contribution >= 4 is 35.0 Å². The molecule has 7 nitrogen and oxygen atoms in total. The van der Waals surface area contributed by atoms with Crippen molar-refractivity contribution in [2.24, 2.45) is 0 Å². The molecular weight excluding hydrogens is 308 g/mol. The lowest BCUT2D eigenvalue weighted by Crippen LogP contribution is -2.46. The molecule has 3 N–H and O–H groups in total. The number of halogens is 1. The summed E-state index contributed by atoms with van der Waals surface area (Å²) in [7, 11) is 0. The summed E-state index contributed by atoms with van der Waals surface area (Å²) in [6.07, 6.45) is 2.87. The van der Waals surface area contributed by atoms with Gasteiger partial charge in [0.05, 0.1) is 0 Å². The fraction of sp³-hybridized carbons (Fsp3) is 0.